The second-order valence-corrected chi connectivity index (χ2v) is 8.06. The summed E-state index contributed by atoms with van der Waals surface area (Å²) in [5.41, 5.74) is 8.15. The molecular formula is C17H31N3. The first-order valence-corrected chi connectivity index (χ1v) is 8.02. The molecule has 0 aliphatic heterocycles. The summed E-state index contributed by atoms with van der Waals surface area (Å²) in [6, 6.07) is 2.55. The van der Waals surface area contributed by atoms with E-state index in [1.165, 1.54) is 12.8 Å². The van der Waals surface area contributed by atoms with E-state index in [-0.39, 0.29) is 5.54 Å². The maximum Gasteiger partial charge on any atom is 0.0643 e. The van der Waals surface area contributed by atoms with Crippen LogP contribution in [0.3, 0.4) is 0 Å². The van der Waals surface area contributed by atoms with Crippen molar-refractivity contribution in [2.45, 2.75) is 78.3 Å². The molecule has 1 aromatic rings. The Morgan fingerprint density at radius 2 is 1.95 bits per heavy atom. The Hall–Kier alpha value is -0.830. The normalized spacial score (nSPS) is 28.1. The number of hydrogen-bond acceptors (Lipinski definition) is 2. The summed E-state index contributed by atoms with van der Waals surface area (Å²) in [6.07, 6.45) is 7.76. The average Bonchev–Trinajstić information content (AvgIpc) is 2.76. The molecular weight excluding hydrogens is 246 g/mol. The molecule has 1 fully saturated rings. The fourth-order valence-corrected chi connectivity index (χ4v) is 3.36. The van der Waals surface area contributed by atoms with Gasteiger partial charge in [-0.25, -0.2) is 0 Å². The Balaban J connectivity index is 1.96. The zero-order chi connectivity index (χ0) is 15.0. The standard InChI is InChI=1S/C17H31N3/c1-13(2)20-11-8-15(19-20)12-17(18)9-6-14(7-10-17)16(3,4)5/h8,11,13-14H,6-7,9-10,12,18H2,1-5H3. The molecule has 2 N–H and O–H groups in total. The van der Waals surface area contributed by atoms with Crippen LogP contribution >= 0.6 is 0 Å². The summed E-state index contributed by atoms with van der Waals surface area (Å²) in [5, 5.41) is 4.65. The minimum atomic E-state index is -0.0437. The first-order chi connectivity index (χ1) is 9.20. The van der Waals surface area contributed by atoms with E-state index in [9.17, 15) is 0 Å². The highest BCUT2D eigenvalue weighted by atomic mass is 15.3. The van der Waals surface area contributed by atoms with E-state index in [0.29, 0.717) is 11.5 Å². The number of rotatable bonds is 3. The average molecular weight is 277 g/mol. The fourth-order valence-electron chi connectivity index (χ4n) is 3.36. The van der Waals surface area contributed by atoms with Crippen LogP contribution < -0.4 is 5.73 Å². The molecule has 20 heavy (non-hydrogen) atoms. The third kappa shape index (κ3) is 3.63. The van der Waals surface area contributed by atoms with Crippen molar-refractivity contribution in [3.8, 4) is 0 Å². The van der Waals surface area contributed by atoms with E-state index in [2.05, 4.69) is 52.0 Å². The maximum atomic E-state index is 6.63. The van der Waals surface area contributed by atoms with Gasteiger partial charge in [-0.3, -0.25) is 4.68 Å². The second-order valence-electron chi connectivity index (χ2n) is 8.06. The highest BCUT2D eigenvalue weighted by Crippen LogP contribution is 2.41. The lowest BCUT2D eigenvalue weighted by atomic mass is 9.66. The molecule has 114 valence electrons. The van der Waals surface area contributed by atoms with Crippen LogP contribution in [0, 0.1) is 11.3 Å². The van der Waals surface area contributed by atoms with Crippen LogP contribution in [-0.4, -0.2) is 15.3 Å². The van der Waals surface area contributed by atoms with E-state index in [1.807, 2.05) is 4.68 Å². The third-order valence-corrected chi connectivity index (χ3v) is 4.93. The molecule has 0 spiro atoms. The second kappa shape index (κ2) is 5.51. The molecule has 1 aliphatic rings. The molecule has 3 heteroatoms. The van der Waals surface area contributed by atoms with Gasteiger partial charge in [-0.1, -0.05) is 20.8 Å². The van der Waals surface area contributed by atoms with Crippen LogP contribution in [0.4, 0.5) is 0 Å². The van der Waals surface area contributed by atoms with Crippen molar-refractivity contribution < 1.29 is 0 Å². The molecule has 1 heterocycles. The quantitative estimate of drug-likeness (QED) is 0.909. The molecule has 2 rings (SSSR count). The van der Waals surface area contributed by atoms with Gasteiger partial charge in [0.25, 0.3) is 0 Å². The fraction of sp³-hybridized carbons (Fsp3) is 0.824. The van der Waals surface area contributed by atoms with Crippen molar-refractivity contribution in [2.24, 2.45) is 17.1 Å². The summed E-state index contributed by atoms with van der Waals surface area (Å²) in [7, 11) is 0. The maximum absolute atomic E-state index is 6.63. The van der Waals surface area contributed by atoms with Gasteiger partial charge in [0.05, 0.1) is 5.69 Å². The minimum Gasteiger partial charge on any atom is -0.325 e. The Morgan fingerprint density at radius 1 is 1.35 bits per heavy atom. The molecule has 0 bridgehead atoms. The molecule has 1 aromatic heterocycles. The Morgan fingerprint density at radius 3 is 2.40 bits per heavy atom. The molecule has 3 nitrogen and oxygen atoms in total. The van der Waals surface area contributed by atoms with Crippen LogP contribution in [-0.2, 0) is 6.42 Å². The van der Waals surface area contributed by atoms with Crippen LogP contribution in [0.5, 0.6) is 0 Å². The molecule has 0 amide bonds. The molecule has 0 aromatic carbocycles. The van der Waals surface area contributed by atoms with E-state index < -0.39 is 0 Å². The zero-order valence-corrected chi connectivity index (χ0v) is 13.8. The summed E-state index contributed by atoms with van der Waals surface area (Å²) in [6.45, 7) is 11.4. The third-order valence-electron chi connectivity index (χ3n) is 4.93. The first-order valence-electron chi connectivity index (χ1n) is 8.02. The van der Waals surface area contributed by atoms with Crippen molar-refractivity contribution in [3.05, 3.63) is 18.0 Å². The summed E-state index contributed by atoms with van der Waals surface area (Å²) in [4.78, 5) is 0. The molecule has 1 saturated carbocycles. The number of nitrogens with two attached hydrogens (primary N) is 1. The van der Waals surface area contributed by atoms with Gasteiger partial charge < -0.3 is 5.73 Å². The highest BCUT2D eigenvalue weighted by Gasteiger charge is 2.36. The van der Waals surface area contributed by atoms with Crippen LogP contribution in [0.15, 0.2) is 12.3 Å². The van der Waals surface area contributed by atoms with E-state index in [1.54, 1.807) is 0 Å². The Bertz CT molecular complexity index is 431. The van der Waals surface area contributed by atoms with Crippen LogP contribution in [0.1, 0.15) is 72.0 Å². The monoisotopic (exact) mass is 277 g/mol. The van der Waals surface area contributed by atoms with Crippen LogP contribution in [0.2, 0.25) is 0 Å². The Labute approximate surface area is 123 Å². The van der Waals surface area contributed by atoms with E-state index in [0.717, 1.165) is 30.9 Å². The van der Waals surface area contributed by atoms with Gasteiger partial charge in [0.1, 0.15) is 0 Å². The lowest BCUT2D eigenvalue weighted by molar-refractivity contribution is 0.133. The molecule has 0 radical (unpaired) electrons. The smallest absolute Gasteiger partial charge is 0.0643 e. The van der Waals surface area contributed by atoms with Gasteiger partial charge in [-0.15, -0.1) is 0 Å². The lowest BCUT2D eigenvalue weighted by Gasteiger charge is -2.42. The van der Waals surface area contributed by atoms with Gasteiger partial charge in [-0.2, -0.15) is 5.10 Å². The van der Waals surface area contributed by atoms with E-state index >= 15 is 0 Å². The van der Waals surface area contributed by atoms with Crippen molar-refractivity contribution in [1.82, 2.24) is 9.78 Å². The van der Waals surface area contributed by atoms with Gasteiger partial charge in [0.15, 0.2) is 0 Å². The lowest BCUT2D eigenvalue weighted by Crippen LogP contribution is -2.46. The highest BCUT2D eigenvalue weighted by molar-refractivity contribution is 5.07. The number of nitrogens with zero attached hydrogens (tertiary/aromatic N) is 2. The van der Waals surface area contributed by atoms with Crippen molar-refractivity contribution in [1.29, 1.82) is 0 Å². The first kappa shape index (κ1) is 15.6. The zero-order valence-electron chi connectivity index (χ0n) is 13.8. The van der Waals surface area contributed by atoms with Crippen molar-refractivity contribution in [2.75, 3.05) is 0 Å². The van der Waals surface area contributed by atoms with Gasteiger partial charge in [-0.05, 0) is 56.9 Å². The summed E-state index contributed by atoms with van der Waals surface area (Å²) in [5.74, 6) is 0.812. The topological polar surface area (TPSA) is 43.8 Å². The molecule has 1 aliphatic carbocycles. The SMILES string of the molecule is CC(C)n1ccc(CC2(N)CCC(C(C)(C)C)CC2)n1. The number of aromatic nitrogens is 2. The van der Waals surface area contributed by atoms with E-state index in [4.69, 9.17) is 5.73 Å². The summed E-state index contributed by atoms with van der Waals surface area (Å²) >= 11 is 0. The van der Waals surface area contributed by atoms with Crippen molar-refractivity contribution >= 4 is 0 Å². The van der Waals surface area contributed by atoms with Gasteiger partial charge >= 0.3 is 0 Å². The van der Waals surface area contributed by atoms with Crippen LogP contribution in [0.25, 0.3) is 0 Å². The predicted octanol–water partition coefficient (Wildman–Crippen LogP) is 3.94. The largest absolute Gasteiger partial charge is 0.325 e. The summed E-state index contributed by atoms with van der Waals surface area (Å²) < 4.78 is 2.03. The minimum absolute atomic E-state index is 0.0437. The number of hydrogen-bond donors (Lipinski definition) is 1. The predicted molar refractivity (Wildman–Crippen MR) is 84.6 cm³/mol. The van der Waals surface area contributed by atoms with Gasteiger partial charge in [0, 0.05) is 24.2 Å². The molecule has 0 saturated heterocycles. The molecule has 0 atom stereocenters. The Kier molecular flexibility index (Phi) is 4.29. The molecule has 0 unspecified atom stereocenters. The van der Waals surface area contributed by atoms with Gasteiger partial charge in [0.2, 0.25) is 0 Å². The van der Waals surface area contributed by atoms with Crippen molar-refractivity contribution in [3.63, 3.8) is 0 Å².